The standard InChI is InChI=1S/C26H29NO5/c1-6-7-12-31-26(29)19-8-10-20(11-9-19)27-23(28)13-16(2)21-14-22-17(3)15-32-25(22)18(4)24(21)30-5/h8-11,13-15H,6-7,12H2,1-5H3,(H,27,28)/b16-13+. The Bertz CT molecular complexity index is 1160. The summed E-state index contributed by atoms with van der Waals surface area (Å²) >= 11 is 0. The summed E-state index contributed by atoms with van der Waals surface area (Å²) in [6, 6.07) is 8.63. The van der Waals surface area contributed by atoms with Gasteiger partial charge in [-0.2, -0.15) is 0 Å². The van der Waals surface area contributed by atoms with Crippen LogP contribution in [0.15, 0.2) is 47.1 Å². The van der Waals surface area contributed by atoms with Gasteiger partial charge in [-0.15, -0.1) is 0 Å². The number of furan rings is 1. The normalized spacial score (nSPS) is 11.5. The topological polar surface area (TPSA) is 77.8 Å². The van der Waals surface area contributed by atoms with Crippen LogP contribution in [0.2, 0.25) is 0 Å². The highest BCUT2D eigenvalue weighted by molar-refractivity contribution is 6.05. The Morgan fingerprint density at radius 3 is 2.53 bits per heavy atom. The maximum Gasteiger partial charge on any atom is 0.338 e. The van der Waals surface area contributed by atoms with Gasteiger partial charge in [0, 0.05) is 28.3 Å². The van der Waals surface area contributed by atoms with Crippen molar-refractivity contribution in [2.75, 3.05) is 19.0 Å². The molecule has 0 radical (unpaired) electrons. The lowest BCUT2D eigenvalue weighted by Gasteiger charge is -2.13. The van der Waals surface area contributed by atoms with Gasteiger partial charge in [-0.05, 0) is 68.7 Å². The van der Waals surface area contributed by atoms with E-state index >= 15 is 0 Å². The van der Waals surface area contributed by atoms with E-state index in [1.54, 1.807) is 37.6 Å². The number of methoxy groups -OCH3 is 1. The molecular weight excluding hydrogens is 406 g/mol. The van der Waals surface area contributed by atoms with Crippen molar-refractivity contribution in [2.45, 2.75) is 40.5 Å². The van der Waals surface area contributed by atoms with Crippen molar-refractivity contribution in [2.24, 2.45) is 0 Å². The van der Waals surface area contributed by atoms with E-state index in [2.05, 4.69) is 5.32 Å². The van der Waals surface area contributed by atoms with E-state index < -0.39 is 0 Å². The first kappa shape index (κ1) is 23.1. The Labute approximate surface area is 188 Å². The van der Waals surface area contributed by atoms with Gasteiger partial charge >= 0.3 is 5.97 Å². The number of aryl methyl sites for hydroxylation is 2. The third-order valence-electron chi connectivity index (χ3n) is 5.33. The molecule has 32 heavy (non-hydrogen) atoms. The summed E-state index contributed by atoms with van der Waals surface area (Å²) in [6.07, 6.45) is 5.05. The average Bonchev–Trinajstić information content (AvgIpc) is 3.15. The molecule has 3 aromatic rings. The Morgan fingerprint density at radius 1 is 1.16 bits per heavy atom. The molecule has 1 aromatic heterocycles. The lowest BCUT2D eigenvalue weighted by atomic mass is 9.98. The van der Waals surface area contributed by atoms with Crippen LogP contribution >= 0.6 is 0 Å². The van der Waals surface area contributed by atoms with Crippen LogP contribution in [0.1, 0.15) is 53.7 Å². The zero-order valence-corrected chi connectivity index (χ0v) is 19.2. The van der Waals surface area contributed by atoms with Crippen LogP contribution in [0.3, 0.4) is 0 Å². The van der Waals surface area contributed by atoms with E-state index in [1.165, 1.54) is 6.08 Å². The van der Waals surface area contributed by atoms with Crippen LogP contribution in [0.5, 0.6) is 5.75 Å². The Balaban J connectivity index is 1.76. The number of ether oxygens (including phenoxy) is 2. The minimum absolute atomic E-state index is 0.274. The van der Waals surface area contributed by atoms with E-state index in [0.717, 1.165) is 46.1 Å². The lowest BCUT2D eigenvalue weighted by molar-refractivity contribution is -0.111. The van der Waals surface area contributed by atoms with Crippen LogP contribution in [0.25, 0.3) is 16.5 Å². The van der Waals surface area contributed by atoms with Crippen molar-refractivity contribution in [1.29, 1.82) is 0 Å². The molecule has 6 nitrogen and oxygen atoms in total. The molecule has 0 spiro atoms. The number of rotatable bonds is 8. The largest absolute Gasteiger partial charge is 0.496 e. The SMILES string of the molecule is CCCCOC(=O)c1ccc(NC(=O)/C=C(\C)c2cc3c(C)coc3c(C)c2OC)cc1. The van der Waals surface area contributed by atoms with Crippen molar-refractivity contribution < 1.29 is 23.5 Å². The van der Waals surface area contributed by atoms with Gasteiger partial charge in [0.2, 0.25) is 5.91 Å². The molecule has 0 saturated carbocycles. The maximum atomic E-state index is 12.6. The molecule has 0 unspecified atom stereocenters. The average molecular weight is 436 g/mol. The second-order valence-corrected chi connectivity index (χ2v) is 7.76. The molecule has 0 aliphatic rings. The number of allylic oxidation sites excluding steroid dienone is 1. The Morgan fingerprint density at radius 2 is 1.88 bits per heavy atom. The molecule has 0 bridgehead atoms. The molecular formula is C26H29NO5. The molecule has 3 rings (SSSR count). The first-order valence-corrected chi connectivity index (χ1v) is 10.7. The van der Waals surface area contributed by atoms with Crippen LogP contribution in [0.4, 0.5) is 5.69 Å². The van der Waals surface area contributed by atoms with Crippen LogP contribution in [-0.2, 0) is 9.53 Å². The molecule has 1 heterocycles. The fraction of sp³-hybridized carbons (Fsp3) is 0.308. The van der Waals surface area contributed by atoms with Gasteiger partial charge < -0.3 is 19.2 Å². The number of nitrogens with one attached hydrogen (secondary N) is 1. The Hall–Kier alpha value is -3.54. The van der Waals surface area contributed by atoms with Gasteiger partial charge in [0.1, 0.15) is 11.3 Å². The van der Waals surface area contributed by atoms with Gasteiger partial charge in [-0.25, -0.2) is 4.79 Å². The molecule has 1 amide bonds. The summed E-state index contributed by atoms with van der Waals surface area (Å²) in [6.45, 7) is 8.24. The quantitative estimate of drug-likeness (QED) is 0.264. The molecule has 0 aliphatic carbocycles. The first-order valence-electron chi connectivity index (χ1n) is 10.7. The number of fused-ring (bicyclic) bond motifs is 1. The number of unbranched alkanes of at least 4 members (excludes halogenated alkanes) is 1. The lowest BCUT2D eigenvalue weighted by Crippen LogP contribution is -2.10. The number of hydrogen-bond acceptors (Lipinski definition) is 5. The molecule has 0 atom stereocenters. The fourth-order valence-corrected chi connectivity index (χ4v) is 3.53. The smallest absolute Gasteiger partial charge is 0.338 e. The predicted octanol–water partition coefficient (Wildman–Crippen LogP) is 6.06. The summed E-state index contributed by atoms with van der Waals surface area (Å²) < 4.78 is 16.5. The minimum Gasteiger partial charge on any atom is -0.496 e. The van der Waals surface area contributed by atoms with E-state index in [1.807, 2.05) is 33.8 Å². The van der Waals surface area contributed by atoms with Crippen LogP contribution in [0, 0.1) is 13.8 Å². The van der Waals surface area contributed by atoms with Crippen LogP contribution in [-0.4, -0.2) is 25.6 Å². The molecule has 1 N–H and O–H groups in total. The zero-order chi connectivity index (χ0) is 23.3. The summed E-state index contributed by atoms with van der Waals surface area (Å²) in [5, 5.41) is 3.82. The van der Waals surface area contributed by atoms with Crippen molar-refractivity contribution >= 4 is 34.1 Å². The van der Waals surface area contributed by atoms with Gasteiger partial charge in [-0.1, -0.05) is 13.3 Å². The maximum absolute atomic E-state index is 12.6. The second-order valence-electron chi connectivity index (χ2n) is 7.76. The summed E-state index contributed by atoms with van der Waals surface area (Å²) in [4.78, 5) is 24.6. The van der Waals surface area contributed by atoms with Crippen molar-refractivity contribution in [3.05, 3.63) is 64.9 Å². The third kappa shape index (κ3) is 5.02. The highest BCUT2D eigenvalue weighted by atomic mass is 16.5. The highest BCUT2D eigenvalue weighted by Crippen LogP contribution is 2.37. The number of benzene rings is 2. The van der Waals surface area contributed by atoms with Crippen LogP contribution < -0.4 is 10.1 Å². The van der Waals surface area contributed by atoms with Gasteiger partial charge in [-0.3, -0.25) is 4.79 Å². The summed E-state index contributed by atoms with van der Waals surface area (Å²) in [7, 11) is 1.61. The van der Waals surface area contributed by atoms with Gasteiger partial charge in [0.25, 0.3) is 0 Å². The number of hydrogen-bond donors (Lipinski definition) is 1. The van der Waals surface area contributed by atoms with Gasteiger partial charge in [0.05, 0.1) is 25.5 Å². The molecule has 6 heteroatoms. The first-order chi connectivity index (χ1) is 15.3. The zero-order valence-electron chi connectivity index (χ0n) is 19.2. The van der Waals surface area contributed by atoms with E-state index in [0.29, 0.717) is 23.6 Å². The van der Waals surface area contributed by atoms with Crippen molar-refractivity contribution in [3.8, 4) is 5.75 Å². The summed E-state index contributed by atoms with van der Waals surface area (Å²) in [5.41, 5.74) is 5.35. The number of anilines is 1. The number of amides is 1. The molecule has 0 fully saturated rings. The fourth-order valence-electron chi connectivity index (χ4n) is 3.53. The minimum atomic E-state index is -0.362. The molecule has 2 aromatic carbocycles. The number of esters is 1. The molecule has 0 saturated heterocycles. The van der Waals surface area contributed by atoms with E-state index in [9.17, 15) is 9.59 Å². The third-order valence-corrected chi connectivity index (χ3v) is 5.33. The second kappa shape index (κ2) is 10.2. The van der Waals surface area contributed by atoms with E-state index in [4.69, 9.17) is 13.9 Å². The number of carbonyl (C=O) groups excluding carboxylic acids is 2. The monoisotopic (exact) mass is 435 g/mol. The molecule has 0 aliphatic heterocycles. The predicted molar refractivity (Wildman–Crippen MR) is 126 cm³/mol. The van der Waals surface area contributed by atoms with Crippen molar-refractivity contribution in [1.82, 2.24) is 0 Å². The van der Waals surface area contributed by atoms with E-state index in [-0.39, 0.29) is 11.9 Å². The number of carbonyl (C=O) groups is 2. The van der Waals surface area contributed by atoms with Crippen molar-refractivity contribution in [3.63, 3.8) is 0 Å². The van der Waals surface area contributed by atoms with Gasteiger partial charge in [0.15, 0.2) is 0 Å². The Kier molecular flexibility index (Phi) is 7.36. The summed E-state index contributed by atoms with van der Waals surface area (Å²) in [5.74, 6) is 0.0447. The molecule has 168 valence electrons. The highest BCUT2D eigenvalue weighted by Gasteiger charge is 2.17.